The summed E-state index contributed by atoms with van der Waals surface area (Å²) < 4.78 is 1.61. The van der Waals surface area contributed by atoms with E-state index < -0.39 is 0 Å². The molecular formula is C13H14ClN3O. The van der Waals surface area contributed by atoms with Gasteiger partial charge in [0.2, 0.25) is 5.78 Å². The number of hydrogen-bond donors (Lipinski definition) is 0. The molecule has 0 radical (unpaired) electrons. The van der Waals surface area contributed by atoms with Gasteiger partial charge in [0.1, 0.15) is 5.69 Å². The molecule has 0 spiro atoms. The number of nitrogens with zero attached hydrogens (tertiary/aromatic N) is 3. The molecule has 2 rings (SSSR count). The third-order valence-electron chi connectivity index (χ3n) is 2.65. The Kier molecular flexibility index (Phi) is 3.48. The molecule has 0 fully saturated rings. The molecule has 2 heterocycles. The maximum absolute atomic E-state index is 12.4. The van der Waals surface area contributed by atoms with Crippen LogP contribution in [0.4, 0.5) is 0 Å². The van der Waals surface area contributed by atoms with Gasteiger partial charge in [0, 0.05) is 23.5 Å². The Balaban J connectivity index is 2.50. The lowest BCUT2D eigenvalue weighted by Crippen LogP contribution is -2.11. The topological polar surface area (TPSA) is 47.8 Å². The van der Waals surface area contributed by atoms with Gasteiger partial charge in [-0.3, -0.25) is 14.5 Å². The van der Waals surface area contributed by atoms with Gasteiger partial charge in [-0.1, -0.05) is 11.6 Å². The Morgan fingerprint density at radius 3 is 2.50 bits per heavy atom. The summed E-state index contributed by atoms with van der Waals surface area (Å²) in [5, 5.41) is 4.46. The number of halogens is 1. The van der Waals surface area contributed by atoms with E-state index in [0.29, 0.717) is 22.8 Å². The van der Waals surface area contributed by atoms with Crippen molar-refractivity contribution in [3.63, 3.8) is 0 Å². The van der Waals surface area contributed by atoms with Crippen LogP contribution in [0.3, 0.4) is 0 Å². The van der Waals surface area contributed by atoms with Crippen LogP contribution in [0.5, 0.6) is 0 Å². The Hall–Kier alpha value is -1.68. The van der Waals surface area contributed by atoms with Crippen LogP contribution in [0.25, 0.3) is 0 Å². The Bertz CT molecular complexity index is 584. The van der Waals surface area contributed by atoms with Crippen LogP contribution >= 0.6 is 11.6 Å². The summed E-state index contributed by atoms with van der Waals surface area (Å²) in [4.78, 5) is 16.7. The summed E-state index contributed by atoms with van der Waals surface area (Å²) in [6.45, 7) is 6.25. The molecule has 0 aliphatic heterocycles. The third-order valence-corrected chi connectivity index (χ3v) is 2.93. The molecule has 0 aliphatic carbocycles. The molecule has 5 heteroatoms. The lowest BCUT2D eigenvalue weighted by atomic mass is 10.1. The van der Waals surface area contributed by atoms with Crippen molar-refractivity contribution in [2.24, 2.45) is 0 Å². The normalized spacial score (nSPS) is 10.7. The van der Waals surface area contributed by atoms with E-state index in [1.807, 2.05) is 20.8 Å². The lowest BCUT2D eigenvalue weighted by molar-refractivity contribution is 0.102. The number of carbonyl (C=O) groups is 1. The largest absolute Gasteiger partial charge is 0.287 e. The molecule has 0 unspecified atom stereocenters. The molecule has 0 saturated heterocycles. The van der Waals surface area contributed by atoms with Crippen molar-refractivity contribution in [1.29, 1.82) is 0 Å². The third kappa shape index (κ3) is 2.29. The highest BCUT2D eigenvalue weighted by molar-refractivity contribution is 6.34. The second kappa shape index (κ2) is 4.90. The van der Waals surface area contributed by atoms with E-state index in [1.165, 1.54) is 6.20 Å². The minimum Gasteiger partial charge on any atom is -0.287 e. The van der Waals surface area contributed by atoms with Crippen molar-refractivity contribution >= 4 is 17.4 Å². The number of hydrogen-bond acceptors (Lipinski definition) is 3. The first-order valence-electron chi connectivity index (χ1n) is 5.74. The maximum atomic E-state index is 12.4. The van der Waals surface area contributed by atoms with Crippen molar-refractivity contribution in [3.8, 4) is 0 Å². The lowest BCUT2D eigenvalue weighted by Gasteiger charge is -2.06. The molecule has 2 aromatic rings. The highest BCUT2D eigenvalue weighted by Crippen LogP contribution is 2.20. The van der Waals surface area contributed by atoms with Crippen molar-refractivity contribution in [2.75, 3.05) is 0 Å². The monoisotopic (exact) mass is 263 g/mol. The molecule has 4 nitrogen and oxygen atoms in total. The zero-order valence-electron chi connectivity index (χ0n) is 10.6. The van der Waals surface area contributed by atoms with Gasteiger partial charge in [-0.05, 0) is 32.9 Å². The highest BCUT2D eigenvalue weighted by Gasteiger charge is 2.19. The van der Waals surface area contributed by atoms with Crippen LogP contribution in [0.1, 0.15) is 34.4 Å². The predicted octanol–water partition coefficient (Wildman–Crippen LogP) is 2.80. The number of carbonyl (C=O) groups excluding carboxylic acids is 1. The number of rotatable bonds is 3. The molecule has 0 atom stereocenters. The van der Waals surface area contributed by atoms with E-state index in [1.54, 1.807) is 16.8 Å². The number of aryl methyl sites for hydroxylation is 3. The summed E-state index contributed by atoms with van der Waals surface area (Å²) in [6.07, 6.45) is 1.50. The van der Waals surface area contributed by atoms with Gasteiger partial charge in [-0.15, -0.1) is 0 Å². The van der Waals surface area contributed by atoms with Crippen molar-refractivity contribution in [2.45, 2.75) is 27.3 Å². The van der Waals surface area contributed by atoms with Gasteiger partial charge >= 0.3 is 0 Å². The second-order valence-corrected chi connectivity index (χ2v) is 4.53. The molecule has 0 amide bonds. The van der Waals surface area contributed by atoms with Gasteiger partial charge in [0.05, 0.1) is 11.2 Å². The zero-order chi connectivity index (χ0) is 13.3. The van der Waals surface area contributed by atoms with E-state index in [2.05, 4.69) is 10.1 Å². The first-order valence-corrected chi connectivity index (χ1v) is 6.12. The Morgan fingerprint density at radius 2 is 1.94 bits per heavy atom. The fourth-order valence-electron chi connectivity index (χ4n) is 1.93. The van der Waals surface area contributed by atoms with Gasteiger partial charge < -0.3 is 0 Å². The SMILES string of the molecule is CCn1ncc(Cl)c1C(=O)c1cc(C)nc(C)c1. The van der Waals surface area contributed by atoms with Crippen LogP contribution in [0, 0.1) is 13.8 Å². The fourth-order valence-corrected chi connectivity index (χ4v) is 2.16. The van der Waals surface area contributed by atoms with Gasteiger partial charge in [0.15, 0.2) is 0 Å². The van der Waals surface area contributed by atoms with E-state index >= 15 is 0 Å². The molecule has 18 heavy (non-hydrogen) atoms. The second-order valence-electron chi connectivity index (χ2n) is 4.12. The minimum absolute atomic E-state index is 0.118. The zero-order valence-corrected chi connectivity index (χ0v) is 11.3. The first-order chi connectivity index (χ1) is 8.52. The van der Waals surface area contributed by atoms with E-state index in [-0.39, 0.29) is 5.78 Å². The Labute approximate surface area is 111 Å². The summed E-state index contributed by atoms with van der Waals surface area (Å²) in [7, 11) is 0. The number of aromatic nitrogens is 3. The van der Waals surface area contributed by atoms with Crippen LogP contribution in [-0.2, 0) is 6.54 Å². The molecule has 94 valence electrons. The van der Waals surface area contributed by atoms with Gasteiger partial charge in [0.25, 0.3) is 0 Å². The summed E-state index contributed by atoms with van der Waals surface area (Å²) in [5.74, 6) is -0.118. The maximum Gasteiger partial charge on any atom is 0.212 e. The molecule has 2 aromatic heterocycles. The number of pyridine rings is 1. The van der Waals surface area contributed by atoms with Crippen LogP contribution in [0.2, 0.25) is 5.02 Å². The quantitative estimate of drug-likeness (QED) is 0.800. The molecule has 0 bridgehead atoms. The molecule has 0 saturated carbocycles. The Morgan fingerprint density at radius 1 is 1.33 bits per heavy atom. The molecule has 0 N–H and O–H groups in total. The van der Waals surface area contributed by atoms with Crippen molar-refractivity contribution in [1.82, 2.24) is 14.8 Å². The van der Waals surface area contributed by atoms with Crippen molar-refractivity contribution in [3.05, 3.63) is 46.0 Å². The number of ketones is 1. The highest BCUT2D eigenvalue weighted by atomic mass is 35.5. The summed E-state index contributed by atoms with van der Waals surface area (Å²) >= 11 is 6.03. The molecule has 0 aromatic carbocycles. The summed E-state index contributed by atoms with van der Waals surface area (Å²) in [5.41, 5.74) is 2.66. The van der Waals surface area contributed by atoms with Crippen LogP contribution in [0.15, 0.2) is 18.3 Å². The van der Waals surface area contributed by atoms with Crippen molar-refractivity contribution < 1.29 is 4.79 Å². The predicted molar refractivity (Wildman–Crippen MR) is 70.1 cm³/mol. The standard InChI is InChI=1S/C13H14ClN3O/c1-4-17-12(11(14)7-15-17)13(18)10-5-8(2)16-9(3)6-10/h5-7H,4H2,1-3H3. The summed E-state index contributed by atoms with van der Waals surface area (Å²) in [6, 6.07) is 3.53. The van der Waals surface area contributed by atoms with Crippen LogP contribution in [-0.4, -0.2) is 20.5 Å². The van der Waals surface area contributed by atoms with Gasteiger partial charge in [-0.25, -0.2) is 0 Å². The smallest absolute Gasteiger partial charge is 0.212 e. The van der Waals surface area contributed by atoms with Gasteiger partial charge in [-0.2, -0.15) is 5.10 Å². The van der Waals surface area contributed by atoms with E-state index in [0.717, 1.165) is 11.4 Å². The fraction of sp³-hybridized carbons (Fsp3) is 0.308. The van der Waals surface area contributed by atoms with Crippen LogP contribution < -0.4 is 0 Å². The average molecular weight is 264 g/mol. The first kappa shape index (κ1) is 12.8. The van der Waals surface area contributed by atoms with E-state index in [9.17, 15) is 4.79 Å². The molecule has 0 aliphatic rings. The average Bonchev–Trinajstić information content (AvgIpc) is 2.68. The van der Waals surface area contributed by atoms with E-state index in [4.69, 9.17) is 11.6 Å². The minimum atomic E-state index is -0.118. The molecular weight excluding hydrogens is 250 g/mol.